The summed E-state index contributed by atoms with van der Waals surface area (Å²) in [7, 11) is -5.87. The second-order valence-electron chi connectivity index (χ2n) is 4.24. The maximum Gasteiger partial charge on any atom is 0.259 e. The van der Waals surface area contributed by atoms with Gasteiger partial charge in [0, 0.05) is 7.05 Å². The Bertz CT molecular complexity index is 678. The Morgan fingerprint density at radius 1 is 1.47 bits per heavy atom. The van der Waals surface area contributed by atoms with Crippen LogP contribution in [0.5, 0.6) is 0 Å². The Morgan fingerprint density at radius 2 is 2.11 bits per heavy atom. The number of alkyl halides is 1. The highest BCUT2D eigenvalue weighted by Crippen LogP contribution is 2.23. The molecular weight excluding hydrogens is 337 g/mol. The van der Waals surface area contributed by atoms with Crippen LogP contribution in [0.1, 0.15) is 0 Å². The Kier molecular flexibility index (Phi) is 3.87. The highest BCUT2D eigenvalue weighted by molar-refractivity contribution is 7.92. The lowest BCUT2D eigenvalue weighted by atomic mass is 10.3. The van der Waals surface area contributed by atoms with Crippen LogP contribution in [-0.2, 0) is 26.9 Å². The summed E-state index contributed by atoms with van der Waals surface area (Å²) in [5.74, 6) is -0.573. The molecule has 1 aromatic heterocycles. The molecular formula is C8H11Cl2N3O4S2. The topological polar surface area (TPSA) is 98.1 Å². The van der Waals surface area contributed by atoms with Crippen LogP contribution in [0.4, 0.5) is 0 Å². The van der Waals surface area contributed by atoms with Gasteiger partial charge in [-0.2, -0.15) is 5.10 Å². The number of hydrogen-bond acceptors (Lipinski definition) is 5. The van der Waals surface area contributed by atoms with Crippen LogP contribution in [0.15, 0.2) is 11.2 Å². The van der Waals surface area contributed by atoms with Gasteiger partial charge in [0.1, 0.15) is 0 Å². The van der Waals surface area contributed by atoms with Gasteiger partial charge in [0.25, 0.3) is 10.0 Å². The van der Waals surface area contributed by atoms with E-state index >= 15 is 0 Å². The summed E-state index contributed by atoms with van der Waals surface area (Å²) in [5, 5.41) is 2.66. The summed E-state index contributed by atoms with van der Waals surface area (Å²) in [5.41, 5.74) is 0. The fourth-order valence-corrected chi connectivity index (χ4v) is 6.53. The lowest BCUT2D eigenvalue weighted by Gasteiger charge is -2.14. The van der Waals surface area contributed by atoms with Crippen molar-refractivity contribution in [2.75, 3.05) is 11.5 Å². The van der Waals surface area contributed by atoms with E-state index in [4.69, 9.17) is 23.2 Å². The van der Waals surface area contributed by atoms with Crippen LogP contribution in [0, 0.1) is 0 Å². The van der Waals surface area contributed by atoms with Gasteiger partial charge in [0.2, 0.25) is 0 Å². The minimum Gasteiger partial charge on any atom is -0.255 e. The summed E-state index contributed by atoms with van der Waals surface area (Å²) in [6.45, 7) is 0. The van der Waals surface area contributed by atoms with E-state index in [-0.39, 0.29) is 21.6 Å². The van der Waals surface area contributed by atoms with E-state index < -0.39 is 31.3 Å². The number of nitrogens with zero attached hydrogens (tertiary/aromatic N) is 2. The minimum atomic E-state index is -3.98. The monoisotopic (exact) mass is 347 g/mol. The Hall–Kier alpha value is -0.350. The molecule has 2 rings (SSSR count). The molecule has 0 radical (unpaired) electrons. The zero-order valence-electron chi connectivity index (χ0n) is 9.75. The van der Waals surface area contributed by atoms with Gasteiger partial charge in [-0.25, -0.2) is 21.6 Å². The maximum absolute atomic E-state index is 12.1. The predicted octanol–water partition coefficient (Wildman–Crippen LogP) is -0.244. The molecule has 1 saturated heterocycles. The largest absolute Gasteiger partial charge is 0.259 e. The molecule has 1 aliphatic rings. The highest BCUT2D eigenvalue weighted by Gasteiger charge is 2.39. The third-order valence-electron chi connectivity index (χ3n) is 2.69. The number of hydrogen-bond donors (Lipinski definition) is 1. The summed E-state index contributed by atoms with van der Waals surface area (Å²) in [6, 6.07) is -0.873. The van der Waals surface area contributed by atoms with Gasteiger partial charge < -0.3 is 0 Å². The molecule has 1 aliphatic heterocycles. The second-order valence-corrected chi connectivity index (χ2v) is 8.99. The van der Waals surface area contributed by atoms with Gasteiger partial charge in [-0.1, -0.05) is 11.6 Å². The quantitative estimate of drug-likeness (QED) is 0.760. The van der Waals surface area contributed by atoms with E-state index in [9.17, 15) is 16.8 Å². The number of nitrogens with one attached hydrogen (secondary N) is 1. The lowest BCUT2D eigenvalue weighted by molar-refractivity contribution is 0.547. The van der Waals surface area contributed by atoms with Crippen molar-refractivity contribution in [2.45, 2.75) is 16.4 Å². The van der Waals surface area contributed by atoms with E-state index in [0.717, 1.165) is 4.68 Å². The molecule has 1 N–H and O–H groups in total. The number of aryl methyl sites for hydroxylation is 1. The van der Waals surface area contributed by atoms with Gasteiger partial charge in [0.15, 0.2) is 14.9 Å². The number of rotatable bonds is 3. The molecule has 0 saturated carbocycles. The zero-order valence-corrected chi connectivity index (χ0v) is 12.9. The average Bonchev–Trinajstić information content (AvgIpc) is 2.67. The van der Waals surface area contributed by atoms with Crippen LogP contribution in [0.3, 0.4) is 0 Å². The summed E-state index contributed by atoms with van der Waals surface area (Å²) < 4.78 is 50.4. The van der Waals surface area contributed by atoms with Crippen molar-refractivity contribution in [3.8, 4) is 0 Å². The number of sulfonamides is 1. The van der Waals surface area contributed by atoms with E-state index in [1.807, 2.05) is 0 Å². The molecule has 19 heavy (non-hydrogen) atoms. The van der Waals surface area contributed by atoms with Crippen LogP contribution in [0.2, 0.25) is 5.02 Å². The molecule has 11 heteroatoms. The fourth-order valence-electron chi connectivity index (χ4n) is 1.87. The SMILES string of the molecule is Cn1ncc(Cl)c1S(=O)(=O)NC1CS(=O)(=O)CC1Cl. The molecule has 1 fully saturated rings. The first-order chi connectivity index (χ1) is 8.62. The molecule has 7 nitrogen and oxygen atoms in total. The van der Waals surface area contributed by atoms with Crippen molar-refractivity contribution >= 4 is 43.1 Å². The van der Waals surface area contributed by atoms with Crippen LogP contribution in [0.25, 0.3) is 0 Å². The molecule has 108 valence electrons. The second kappa shape index (κ2) is 4.88. The summed E-state index contributed by atoms with van der Waals surface area (Å²) in [6.07, 6.45) is 1.19. The Labute approximate surface area is 120 Å². The molecule has 2 unspecified atom stereocenters. The number of halogens is 2. The van der Waals surface area contributed by atoms with Crippen LogP contribution < -0.4 is 4.72 Å². The Morgan fingerprint density at radius 3 is 2.53 bits per heavy atom. The van der Waals surface area contributed by atoms with Gasteiger partial charge in [-0.05, 0) is 0 Å². The first-order valence-corrected chi connectivity index (χ1v) is 9.28. The van der Waals surface area contributed by atoms with E-state index in [1.54, 1.807) is 0 Å². The van der Waals surface area contributed by atoms with Gasteiger partial charge in [-0.15, -0.1) is 11.6 Å². The van der Waals surface area contributed by atoms with E-state index in [1.165, 1.54) is 13.2 Å². The molecule has 1 aromatic rings. The molecule has 2 atom stereocenters. The van der Waals surface area contributed by atoms with Gasteiger partial charge in [0.05, 0.1) is 34.1 Å². The first kappa shape index (κ1) is 15.0. The maximum atomic E-state index is 12.1. The molecule has 0 bridgehead atoms. The Balaban J connectivity index is 2.29. The smallest absolute Gasteiger partial charge is 0.255 e. The molecule has 0 spiro atoms. The summed E-state index contributed by atoms with van der Waals surface area (Å²) >= 11 is 11.6. The zero-order chi connectivity index (χ0) is 14.4. The average molecular weight is 348 g/mol. The molecule has 0 amide bonds. The van der Waals surface area contributed by atoms with Crippen molar-refractivity contribution in [2.24, 2.45) is 7.05 Å². The lowest BCUT2D eigenvalue weighted by Crippen LogP contribution is -2.41. The van der Waals surface area contributed by atoms with Gasteiger partial charge in [-0.3, -0.25) is 4.68 Å². The first-order valence-electron chi connectivity index (χ1n) is 5.17. The highest BCUT2D eigenvalue weighted by atomic mass is 35.5. The third-order valence-corrected chi connectivity index (χ3v) is 7.06. The number of sulfone groups is 1. The normalized spacial score (nSPS) is 26.7. The summed E-state index contributed by atoms with van der Waals surface area (Å²) in [4.78, 5) is 0. The van der Waals surface area contributed by atoms with Crippen molar-refractivity contribution in [1.82, 2.24) is 14.5 Å². The predicted molar refractivity (Wildman–Crippen MR) is 70.6 cm³/mol. The van der Waals surface area contributed by atoms with Gasteiger partial charge >= 0.3 is 0 Å². The number of aromatic nitrogens is 2. The minimum absolute atomic E-state index is 0.0398. The van der Waals surface area contributed by atoms with Crippen LogP contribution >= 0.6 is 23.2 Å². The van der Waals surface area contributed by atoms with Crippen molar-refractivity contribution < 1.29 is 16.8 Å². The fraction of sp³-hybridized carbons (Fsp3) is 0.625. The standard InChI is InChI=1S/C8H11Cl2N3O4S2/c1-13-8(5(9)2-11-13)19(16,17)12-7-4-18(14,15)3-6(7)10/h2,6-7,12H,3-4H2,1H3. The van der Waals surface area contributed by atoms with Crippen molar-refractivity contribution in [3.05, 3.63) is 11.2 Å². The van der Waals surface area contributed by atoms with Crippen molar-refractivity contribution in [1.29, 1.82) is 0 Å². The van der Waals surface area contributed by atoms with Crippen molar-refractivity contribution in [3.63, 3.8) is 0 Å². The van der Waals surface area contributed by atoms with Crippen LogP contribution in [-0.4, -0.2) is 49.5 Å². The third kappa shape index (κ3) is 3.05. The molecule has 0 aliphatic carbocycles. The van der Waals surface area contributed by atoms with E-state index in [0.29, 0.717) is 0 Å². The van der Waals surface area contributed by atoms with E-state index in [2.05, 4.69) is 9.82 Å². The molecule has 0 aromatic carbocycles. The molecule has 2 heterocycles.